The number of fused-ring (bicyclic) bond motifs is 3. The number of carboxylic acids is 1. The van der Waals surface area contributed by atoms with Crippen LogP contribution in [0.5, 0.6) is 5.88 Å². The minimum absolute atomic E-state index is 0.101. The number of amides is 1. The summed E-state index contributed by atoms with van der Waals surface area (Å²) in [5.41, 5.74) is 0.425. The van der Waals surface area contributed by atoms with Gasteiger partial charge < -0.3 is 19.5 Å². The van der Waals surface area contributed by atoms with E-state index >= 15 is 0 Å². The van der Waals surface area contributed by atoms with E-state index in [1.54, 1.807) is 6.20 Å². The van der Waals surface area contributed by atoms with Crippen molar-refractivity contribution >= 4 is 57.3 Å². The number of nitrogens with zero attached hydrogens (tertiary/aromatic N) is 2. The molecule has 2 aliphatic heterocycles. The predicted molar refractivity (Wildman–Crippen MR) is 143 cm³/mol. The number of carboxylic acid groups (broad SMARTS) is 1. The summed E-state index contributed by atoms with van der Waals surface area (Å²) in [7, 11) is 0. The molecular formula is C27H31IN2O6. The summed E-state index contributed by atoms with van der Waals surface area (Å²) in [4.78, 5) is 44.2. The van der Waals surface area contributed by atoms with Crippen LogP contribution in [-0.4, -0.2) is 58.1 Å². The van der Waals surface area contributed by atoms with E-state index in [9.17, 15) is 19.5 Å². The van der Waals surface area contributed by atoms with E-state index in [2.05, 4.69) is 33.6 Å². The molecule has 1 fully saturated rings. The van der Waals surface area contributed by atoms with Crippen molar-refractivity contribution in [2.75, 3.05) is 13.2 Å². The van der Waals surface area contributed by atoms with E-state index in [4.69, 9.17) is 9.47 Å². The zero-order valence-corrected chi connectivity index (χ0v) is 22.9. The van der Waals surface area contributed by atoms with E-state index in [0.29, 0.717) is 12.3 Å². The highest BCUT2D eigenvalue weighted by Crippen LogP contribution is 2.35. The first-order valence-electron chi connectivity index (χ1n) is 12.1. The third kappa shape index (κ3) is 5.82. The highest BCUT2D eigenvalue weighted by molar-refractivity contribution is 14.1. The van der Waals surface area contributed by atoms with Crippen molar-refractivity contribution in [1.82, 2.24) is 9.88 Å². The Balaban J connectivity index is 1.74. The van der Waals surface area contributed by atoms with Gasteiger partial charge in [0.1, 0.15) is 12.1 Å². The van der Waals surface area contributed by atoms with Crippen LogP contribution >= 0.6 is 22.6 Å². The summed E-state index contributed by atoms with van der Waals surface area (Å²) in [5, 5.41) is 11.7. The number of carbonyl (C=O) groups is 3. The largest absolute Gasteiger partial charge is 0.480 e. The Morgan fingerprint density at radius 2 is 2.00 bits per heavy atom. The van der Waals surface area contributed by atoms with E-state index in [0.717, 1.165) is 26.3 Å². The van der Waals surface area contributed by atoms with Gasteiger partial charge in [0.25, 0.3) is 0 Å². The Hall–Kier alpha value is -2.69. The number of pyridine rings is 1. The van der Waals surface area contributed by atoms with Gasteiger partial charge in [-0.25, -0.2) is 9.78 Å². The number of allylic oxidation sites excluding steroid dienone is 1. The van der Waals surface area contributed by atoms with Crippen LogP contribution < -0.4 is 4.74 Å². The Morgan fingerprint density at radius 3 is 2.72 bits per heavy atom. The van der Waals surface area contributed by atoms with E-state index in [1.807, 2.05) is 45.1 Å². The standard InChI is InChI=1S/C27H31IN2O6/c1-27(2,3)20-14-23(31)35-10-6-4-5-7-16-11-19-18(21(28)12-16)8-9-29-24(19)36-17-13-22(26(33)34)30(15-17)25(20)32/h5,7-9,11-12,17,20,22H,4,6,10,13-15H2,1-3H3,(H,33,34)/b7-5+/t17-,20-,22+/m1/s1. The Labute approximate surface area is 224 Å². The smallest absolute Gasteiger partial charge is 0.326 e. The molecule has 36 heavy (non-hydrogen) atoms. The quantitative estimate of drug-likeness (QED) is 0.372. The van der Waals surface area contributed by atoms with E-state index < -0.39 is 35.4 Å². The minimum atomic E-state index is -1.09. The second kappa shape index (κ2) is 10.7. The van der Waals surface area contributed by atoms with Crippen LogP contribution in [0.25, 0.3) is 16.8 Å². The second-order valence-corrected chi connectivity index (χ2v) is 11.6. The first kappa shape index (κ1) is 26.4. The molecule has 192 valence electrons. The van der Waals surface area contributed by atoms with Crippen molar-refractivity contribution in [3.05, 3.63) is 39.6 Å². The van der Waals surface area contributed by atoms with E-state index in [-0.39, 0.29) is 31.9 Å². The average molecular weight is 606 g/mol. The maximum absolute atomic E-state index is 13.7. The monoisotopic (exact) mass is 606 g/mol. The summed E-state index contributed by atoms with van der Waals surface area (Å²) in [5.74, 6) is -2.22. The Kier molecular flexibility index (Phi) is 7.87. The third-order valence-corrected chi connectivity index (χ3v) is 7.62. The molecule has 2 aromatic rings. The van der Waals surface area contributed by atoms with Crippen molar-refractivity contribution in [1.29, 1.82) is 0 Å². The van der Waals surface area contributed by atoms with Gasteiger partial charge >= 0.3 is 11.9 Å². The van der Waals surface area contributed by atoms with Gasteiger partial charge in [-0.2, -0.15) is 0 Å². The molecule has 3 heterocycles. The fourth-order valence-electron chi connectivity index (χ4n) is 4.74. The maximum atomic E-state index is 13.7. The second-order valence-electron chi connectivity index (χ2n) is 10.4. The molecule has 4 bridgehead atoms. The molecule has 4 rings (SSSR count). The van der Waals surface area contributed by atoms with Crippen molar-refractivity contribution in [2.45, 2.75) is 58.6 Å². The lowest BCUT2D eigenvalue weighted by atomic mass is 9.77. The molecule has 2 aliphatic rings. The number of hydrogen-bond donors (Lipinski definition) is 1. The normalized spacial score (nSPS) is 24.7. The third-order valence-electron chi connectivity index (χ3n) is 6.73. The number of cyclic esters (lactones) is 1. The molecule has 0 spiro atoms. The molecule has 1 aromatic heterocycles. The molecule has 0 unspecified atom stereocenters. The lowest BCUT2D eigenvalue weighted by Crippen LogP contribution is -2.47. The fourth-order valence-corrected chi connectivity index (χ4v) is 5.57. The van der Waals surface area contributed by atoms with Crippen LogP contribution in [-0.2, 0) is 19.1 Å². The van der Waals surface area contributed by atoms with Gasteiger partial charge in [0.15, 0.2) is 0 Å². The highest BCUT2D eigenvalue weighted by atomic mass is 127. The van der Waals surface area contributed by atoms with Gasteiger partial charge in [-0.3, -0.25) is 9.59 Å². The summed E-state index contributed by atoms with van der Waals surface area (Å²) in [6.07, 6.45) is 6.62. The zero-order valence-electron chi connectivity index (χ0n) is 20.7. The van der Waals surface area contributed by atoms with Crippen molar-refractivity contribution < 1.29 is 29.0 Å². The van der Waals surface area contributed by atoms with Crippen LogP contribution in [0, 0.1) is 14.9 Å². The molecule has 1 aromatic carbocycles. The molecule has 9 heteroatoms. The van der Waals surface area contributed by atoms with Crippen molar-refractivity contribution in [3.63, 3.8) is 0 Å². The zero-order chi connectivity index (χ0) is 26.0. The maximum Gasteiger partial charge on any atom is 0.326 e. The molecule has 3 atom stereocenters. The molecule has 1 N–H and O–H groups in total. The van der Waals surface area contributed by atoms with Gasteiger partial charge in [0.2, 0.25) is 11.8 Å². The first-order chi connectivity index (χ1) is 17.0. The van der Waals surface area contributed by atoms with Gasteiger partial charge in [-0.05, 0) is 64.6 Å². The number of hydrogen-bond acceptors (Lipinski definition) is 6. The first-order valence-corrected chi connectivity index (χ1v) is 13.2. The summed E-state index contributed by atoms with van der Waals surface area (Å²) in [6, 6.07) is 4.96. The van der Waals surface area contributed by atoms with Crippen molar-refractivity contribution in [3.8, 4) is 5.88 Å². The number of aromatic nitrogens is 1. The summed E-state index contributed by atoms with van der Waals surface area (Å²) in [6.45, 7) is 5.98. The fraction of sp³-hybridized carbons (Fsp3) is 0.481. The van der Waals surface area contributed by atoms with Crippen LogP contribution in [0.4, 0.5) is 0 Å². The minimum Gasteiger partial charge on any atom is -0.480 e. The van der Waals surface area contributed by atoms with Crippen LogP contribution in [0.2, 0.25) is 0 Å². The number of rotatable bonds is 1. The number of ether oxygens (including phenoxy) is 2. The molecule has 0 aliphatic carbocycles. The van der Waals surface area contributed by atoms with Crippen molar-refractivity contribution in [2.24, 2.45) is 11.3 Å². The van der Waals surface area contributed by atoms with Gasteiger partial charge in [0.05, 0.1) is 25.5 Å². The summed E-state index contributed by atoms with van der Waals surface area (Å²) >= 11 is 2.28. The molecular weight excluding hydrogens is 575 g/mol. The van der Waals surface area contributed by atoms with Crippen LogP contribution in [0.15, 0.2) is 30.5 Å². The van der Waals surface area contributed by atoms with Gasteiger partial charge in [-0.1, -0.05) is 32.9 Å². The van der Waals surface area contributed by atoms with Crippen LogP contribution in [0.1, 0.15) is 52.0 Å². The Bertz CT molecular complexity index is 1200. The average Bonchev–Trinajstić information content (AvgIpc) is 3.23. The number of benzene rings is 1. The lowest BCUT2D eigenvalue weighted by molar-refractivity contribution is -0.155. The SMILES string of the molecule is CC(C)(C)[C@@H]1CC(=O)OCCC/C=C/c2cc(I)c3ccnc(c3c2)O[C@@H]2C[C@@H](C(=O)O)N(C2)C1=O. The van der Waals surface area contributed by atoms with Gasteiger partial charge in [0, 0.05) is 27.0 Å². The molecule has 8 nitrogen and oxygen atoms in total. The highest BCUT2D eigenvalue weighted by Gasteiger charge is 2.46. The number of carbonyl (C=O) groups excluding carboxylic acids is 2. The van der Waals surface area contributed by atoms with E-state index in [1.165, 1.54) is 4.90 Å². The molecule has 1 saturated heterocycles. The lowest BCUT2D eigenvalue weighted by Gasteiger charge is -2.33. The number of aliphatic carboxylic acids is 1. The number of esters is 1. The summed E-state index contributed by atoms with van der Waals surface area (Å²) < 4.78 is 12.7. The predicted octanol–water partition coefficient (Wildman–Crippen LogP) is 4.67. The number of halogens is 1. The molecule has 0 radical (unpaired) electrons. The topological polar surface area (TPSA) is 106 Å². The molecule has 0 saturated carbocycles. The molecule has 1 amide bonds. The van der Waals surface area contributed by atoms with Gasteiger partial charge in [-0.15, -0.1) is 0 Å². The Morgan fingerprint density at radius 1 is 1.22 bits per heavy atom. The van der Waals surface area contributed by atoms with Crippen LogP contribution in [0.3, 0.4) is 0 Å².